The molecule has 1 heterocycles. The lowest BCUT2D eigenvalue weighted by atomic mass is 10.1. The lowest BCUT2D eigenvalue weighted by molar-refractivity contribution is 0.0697. The zero-order valence-electron chi connectivity index (χ0n) is 25.9. The van der Waals surface area contributed by atoms with E-state index >= 15 is 0 Å². The summed E-state index contributed by atoms with van der Waals surface area (Å²) in [5, 5.41) is 15.7. The molecule has 1 aromatic rings. The highest BCUT2D eigenvalue weighted by molar-refractivity contribution is 7.18. The Balaban J connectivity index is 2.85. The van der Waals surface area contributed by atoms with Crippen LogP contribution in [0.2, 0.25) is 0 Å². The standard InChI is InChI=1S/C32H57N3O4S/c1-5-8-11-14-17-20-23-33-32(39)34-29-27(31(37)38)26(4)28(40-29)30(36)35(24-21-18-15-12-9-6-2)25-22-19-16-13-10-7-3/h5-25H2,1-4H3,(H,37,38)(H2,33,34,39). The van der Waals surface area contributed by atoms with E-state index in [0.717, 1.165) is 56.3 Å². The van der Waals surface area contributed by atoms with Gasteiger partial charge in [0, 0.05) is 19.6 Å². The highest BCUT2D eigenvalue weighted by Gasteiger charge is 2.28. The van der Waals surface area contributed by atoms with Crippen molar-refractivity contribution in [3.63, 3.8) is 0 Å². The maximum Gasteiger partial charge on any atom is 0.339 e. The number of anilines is 1. The Bertz CT molecular complexity index is 839. The number of thiophene rings is 1. The minimum Gasteiger partial charge on any atom is -0.478 e. The molecule has 0 atom stereocenters. The summed E-state index contributed by atoms with van der Waals surface area (Å²) >= 11 is 1.09. The Kier molecular flexibility index (Phi) is 20.3. The van der Waals surface area contributed by atoms with Gasteiger partial charge in [-0.05, 0) is 31.7 Å². The Morgan fingerprint density at radius 2 is 1.15 bits per heavy atom. The highest BCUT2D eigenvalue weighted by atomic mass is 32.1. The van der Waals surface area contributed by atoms with E-state index in [1.165, 1.54) is 70.6 Å². The van der Waals surface area contributed by atoms with Crippen LogP contribution in [-0.2, 0) is 0 Å². The molecule has 230 valence electrons. The molecule has 8 heteroatoms. The molecule has 0 saturated heterocycles. The molecule has 0 bridgehead atoms. The van der Waals surface area contributed by atoms with Gasteiger partial charge in [0.2, 0.25) is 0 Å². The van der Waals surface area contributed by atoms with Crippen molar-refractivity contribution in [1.82, 2.24) is 10.2 Å². The van der Waals surface area contributed by atoms with Crippen LogP contribution in [0.3, 0.4) is 0 Å². The molecule has 0 unspecified atom stereocenters. The van der Waals surface area contributed by atoms with Crippen molar-refractivity contribution in [2.75, 3.05) is 25.0 Å². The van der Waals surface area contributed by atoms with Gasteiger partial charge in [-0.3, -0.25) is 10.1 Å². The van der Waals surface area contributed by atoms with Crippen LogP contribution in [0.15, 0.2) is 0 Å². The van der Waals surface area contributed by atoms with Gasteiger partial charge in [-0.1, -0.05) is 117 Å². The quantitative estimate of drug-likeness (QED) is 0.106. The largest absolute Gasteiger partial charge is 0.478 e. The molecule has 0 radical (unpaired) electrons. The van der Waals surface area contributed by atoms with Gasteiger partial charge in [0.1, 0.15) is 5.00 Å². The highest BCUT2D eigenvalue weighted by Crippen LogP contribution is 2.34. The van der Waals surface area contributed by atoms with Crippen LogP contribution in [0.1, 0.15) is 162 Å². The van der Waals surface area contributed by atoms with Crippen molar-refractivity contribution in [3.05, 3.63) is 16.0 Å². The van der Waals surface area contributed by atoms with Crippen molar-refractivity contribution >= 4 is 34.2 Å². The third kappa shape index (κ3) is 14.5. The van der Waals surface area contributed by atoms with Crippen LogP contribution in [0.5, 0.6) is 0 Å². The fourth-order valence-corrected chi connectivity index (χ4v) is 6.10. The average Bonchev–Trinajstić information content (AvgIpc) is 3.25. The first-order valence-corrected chi connectivity index (χ1v) is 16.9. The molecular formula is C32H57N3O4S. The van der Waals surface area contributed by atoms with E-state index in [-0.39, 0.29) is 16.5 Å². The number of urea groups is 1. The molecule has 0 aliphatic rings. The molecule has 1 rings (SSSR count). The van der Waals surface area contributed by atoms with E-state index in [0.29, 0.717) is 30.1 Å². The summed E-state index contributed by atoms with van der Waals surface area (Å²) in [7, 11) is 0. The van der Waals surface area contributed by atoms with Crippen molar-refractivity contribution in [3.8, 4) is 0 Å². The van der Waals surface area contributed by atoms with Crippen LogP contribution in [0.25, 0.3) is 0 Å². The van der Waals surface area contributed by atoms with Crippen LogP contribution in [-0.4, -0.2) is 47.5 Å². The van der Waals surface area contributed by atoms with E-state index in [9.17, 15) is 19.5 Å². The summed E-state index contributed by atoms with van der Waals surface area (Å²) in [6.45, 7) is 10.2. The third-order valence-corrected chi connectivity index (χ3v) is 8.64. The van der Waals surface area contributed by atoms with Crippen LogP contribution < -0.4 is 10.6 Å². The molecule has 0 aliphatic heterocycles. The minimum atomic E-state index is -1.13. The van der Waals surface area contributed by atoms with E-state index in [1.807, 2.05) is 4.90 Å². The van der Waals surface area contributed by atoms with Gasteiger partial charge >= 0.3 is 12.0 Å². The summed E-state index contributed by atoms with van der Waals surface area (Å²) in [6, 6.07) is -0.424. The number of carbonyl (C=O) groups is 3. The summed E-state index contributed by atoms with van der Waals surface area (Å²) in [6.07, 6.45) is 20.6. The van der Waals surface area contributed by atoms with Crippen LogP contribution in [0, 0.1) is 6.92 Å². The number of nitrogens with zero attached hydrogens (tertiary/aromatic N) is 1. The number of rotatable bonds is 24. The second kappa shape index (κ2) is 22.6. The van der Waals surface area contributed by atoms with Crippen molar-refractivity contribution < 1.29 is 19.5 Å². The molecule has 1 aromatic heterocycles. The van der Waals surface area contributed by atoms with Gasteiger partial charge in [0.05, 0.1) is 10.4 Å². The summed E-state index contributed by atoms with van der Waals surface area (Å²) in [5.74, 6) is -1.25. The Labute approximate surface area is 247 Å². The topological polar surface area (TPSA) is 98.7 Å². The van der Waals surface area contributed by atoms with Gasteiger partial charge in [0.15, 0.2) is 0 Å². The molecule has 0 aliphatic carbocycles. The van der Waals surface area contributed by atoms with Gasteiger partial charge in [0.25, 0.3) is 5.91 Å². The fourth-order valence-electron chi connectivity index (χ4n) is 4.94. The first-order valence-electron chi connectivity index (χ1n) is 16.1. The molecule has 3 amide bonds. The normalized spacial score (nSPS) is 11.0. The monoisotopic (exact) mass is 579 g/mol. The smallest absolute Gasteiger partial charge is 0.339 e. The number of nitrogens with one attached hydrogen (secondary N) is 2. The second-order valence-electron chi connectivity index (χ2n) is 11.0. The molecule has 0 aromatic carbocycles. The number of carbonyl (C=O) groups excluding carboxylic acids is 2. The van der Waals surface area contributed by atoms with E-state index in [2.05, 4.69) is 31.4 Å². The molecule has 0 spiro atoms. The number of aromatic carboxylic acids is 1. The fraction of sp³-hybridized carbons (Fsp3) is 0.781. The summed E-state index contributed by atoms with van der Waals surface area (Å²) in [4.78, 5) is 40.7. The molecular weight excluding hydrogens is 522 g/mol. The Morgan fingerprint density at radius 3 is 1.62 bits per heavy atom. The maximum atomic E-state index is 13.7. The Morgan fingerprint density at radius 1 is 0.700 bits per heavy atom. The van der Waals surface area contributed by atoms with Gasteiger partial charge < -0.3 is 15.3 Å². The second-order valence-corrected chi connectivity index (χ2v) is 12.1. The van der Waals surface area contributed by atoms with Crippen molar-refractivity contribution in [1.29, 1.82) is 0 Å². The SMILES string of the molecule is CCCCCCCCNC(=O)Nc1sc(C(=O)N(CCCCCCCC)CCCCCCCC)c(C)c1C(=O)O. The van der Waals surface area contributed by atoms with Crippen LogP contribution in [0.4, 0.5) is 9.80 Å². The number of hydrogen-bond acceptors (Lipinski definition) is 4. The van der Waals surface area contributed by atoms with E-state index < -0.39 is 12.0 Å². The minimum absolute atomic E-state index is 0.0159. The zero-order valence-corrected chi connectivity index (χ0v) is 26.7. The maximum absolute atomic E-state index is 13.7. The van der Waals surface area contributed by atoms with E-state index in [4.69, 9.17) is 0 Å². The molecule has 40 heavy (non-hydrogen) atoms. The van der Waals surface area contributed by atoms with Crippen molar-refractivity contribution in [2.24, 2.45) is 0 Å². The molecule has 7 nitrogen and oxygen atoms in total. The third-order valence-electron chi connectivity index (χ3n) is 7.45. The predicted octanol–water partition coefficient (Wildman–Crippen LogP) is 9.40. The zero-order chi connectivity index (χ0) is 29.6. The van der Waals surface area contributed by atoms with E-state index in [1.54, 1.807) is 6.92 Å². The molecule has 3 N–H and O–H groups in total. The molecule has 0 saturated carbocycles. The average molecular weight is 580 g/mol. The number of carboxylic acids is 1. The van der Waals surface area contributed by atoms with Crippen LogP contribution >= 0.6 is 11.3 Å². The van der Waals surface area contributed by atoms with Gasteiger partial charge in [-0.25, -0.2) is 9.59 Å². The summed E-state index contributed by atoms with van der Waals surface area (Å²) in [5.41, 5.74) is 0.451. The lowest BCUT2D eigenvalue weighted by Crippen LogP contribution is -2.33. The first-order chi connectivity index (χ1) is 19.4. The van der Waals surface area contributed by atoms with Gasteiger partial charge in [-0.2, -0.15) is 0 Å². The molecule has 0 fully saturated rings. The predicted molar refractivity (Wildman–Crippen MR) is 169 cm³/mol. The first kappa shape index (κ1) is 35.9. The number of amides is 3. The van der Waals surface area contributed by atoms with Crippen molar-refractivity contribution in [2.45, 2.75) is 143 Å². The number of hydrogen-bond donors (Lipinski definition) is 3. The lowest BCUT2D eigenvalue weighted by Gasteiger charge is -2.23. The number of unbranched alkanes of at least 4 members (excludes halogenated alkanes) is 15. The Hall–Kier alpha value is -2.09. The number of carboxylic acid groups (broad SMARTS) is 1. The van der Waals surface area contributed by atoms with Gasteiger partial charge in [-0.15, -0.1) is 11.3 Å². The summed E-state index contributed by atoms with van der Waals surface area (Å²) < 4.78 is 0.